The van der Waals surface area contributed by atoms with Crippen LogP contribution in [0.1, 0.15) is 37.0 Å². The molecule has 0 aromatic heterocycles. The second-order valence-corrected chi connectivity index (χ2v) is 5.99. The molecule has 1 N–H and O–H groups in total. The van der Waals surface area contributed by atoms with E-state index in [4.69, 9.17) is 0 Å². The molecule has 1 aliphatic carbocycles. The van der Waals surface area contributed by atoms with Crippen LogP contribution in [-0.4, -0.2) is 11.2 Å². The normalized spacial score (nSPS) is 24.2. The van der Waals surface area contributed by atoms with Crippen molar-refractivity contribution in [3.63, 3.8) is 0 Å². The molecule has 16 heavy (non-hydrogen) atoms. The number of aryl methyl sites for hydroxylation is 2. The molecule has 0 saturated heterocycles. The number of aliphatic hydroxyl groups is 1. The molecule has 0 aliphatic heterocycles. The third-order valence-electron chi connectivity index (χ3n) is 4.07. The average molecular weight is 218 g/mol. The second kappa shape index (κ2) is 3.89. The quantitative estimate of drug-likeness (QED) is 0.825. The van der Waals surface area contributed by atoms with Crippen LogP contribution < -0.4 is 0 Å². The van der Waals surface area contributed by atoms with Crippen molar-refractivity contribution < 1.29 is 5.11 Å². The predicted octanol–water partition coefficient (Wildman–Crippen LogP) is 3.25. The summed E-state index contributed by atoms with van der Waals surface area (Å²) in [6, 6.07) is 6.49. The third kappa shape index (κ3) is 2.30. The maximum absolute atomic E-state index is 10.1. The predicted molar refractivity (Wildman–Crippen MR) is 67.5 cm³/mol. The maximum Gasteiger partial charge on any atom is 0.0614 e. The first kappa shape index (κ1) is 11.7. The fourth-order valence-corrected chi connectivity index (χ4v) is 2.48. The smallest absolute Gasteiger partial charge is 0.0614 e. The Labute approximate surface area is 98.5 Å². The molecule has 1 saturated carbocycles. The van der Waals surface area contributed by atoms with Crippen LogP contribution in [0.15, 0.2) is 18.2 Å². The summed E-state index contributed by atoms with van der Waals surface area (Å²) < 4.78 is 0. The van der Waals surface area contributed by atoms with E-state index in [1.165, 1.54) is 23.1 Å². The molecule has 0 amide bonds. The Bertz CT molecular complexity index is 392. The van der Waals surface area contributed by atoms with Gasteiger partial charge in [-0.1, -0.05) is 32.0 Å². The van der Waals surface area contributed by atoms with E-state index in [-0.39, 0.29) is 6.10 Å². The Balaban J connectivity index is 2.02. The summed E-state index contributed by atoms with van der Waals surface area (Å²) in [6.45, 7) is 8.73. The lowest BCUT2D eigenvalue weighted by atomic mass is 9.97. The highest BCUT2D eigenvalue weighted by Gasteiger charge is 2.49. The van der Waals surface area contributed by atoms with E-state index in [0.717, 1.165) is 6.42 Å². The van der Waals surface area contributed by atoms with Crippen molar-refractivity contribution in [3.8, 4) is 0 Å². The average Bonchev–Trinajstić information content (AvgIpc) is 2.82. The zero-order chi connectivity index (χ0) is 11.9. The second-order valence-electron chi connectivity index (χ2n) is 5.99. The minimum atomic E-state index is -0.169. The van der Waals surface area contributed by atoms with Crippen molar-refractivity contribution >= 4 is 0 Å². The third-order valence-corrected chi connectivity index (χ3v) is 4.07. The van der Waals surface area contributed by atoms with E-state index in [1.54, 1.807) is 0 Å². The molecular weight excluding hydrogens is 196 g/mol. The molecule has 0 spiro atoms. The van der Waals surface area contributed by atoms with Crippen LogP contribution in [0.3, 0.4) is 0 Å². The van der Waals surface area contributed by atoms with E-state index in [0.29, 0.717) is 11.3 Å². The summed E-state index contributed by atoms with van der Waals surface area (Å²) in [7, 11) is 0. The monoisotopic (exact) mass is 218 g/mol. The fraction of sp³-hybridized carbons (Fsp3) is 0.600. The standard InChI is InChI=1S/C15H22O/c1-10-5-6-12(7-11(10)2)8-14(16)13-9-15(13,3)4/h5-7,13-14,16H,8-9H2,1-4H3. The van der Waals surface area contributed by atoms with Crippen molar-refractivity contribution in [1.82, 2.24) is 0 Å². The summed E-state index contributed by atoms with van der Waals surface area (Å²) in [5.41, 5.74) is 4.27. The topological polar surface area (TPSA) is 20.2 Å². The number of hydrogen-bond acceptors (Lipinski definition) is 1. The molecule has 1 aromatic carbocycles. The maximum atomic E-state index is 10.1. The largest absolute Gasteiger partial charge is 0.392 e. The Hall–Kier alpha value is -0.820. The molecule has 0 bridgehead atoms. The van der Waals surface area contributed by atoms with Crippen LogP contribution >= 0.6 is 0 Å². The van der Waals surface area contributed by atoms with Gasteiger partial charge in [0.2, 0.25) is 0 Å². The molecule has 2 rings (SSSR count). The molecule has 0 radical (unpaired) electrons. The van der Waals surface area contributed by atoms with Crippen molar-refractivity contribution in [2.45, 2.75) is 46.6 Å². The zero-order valence-corrected chi connectivity index (χ0v) is 10.7. The minimum Gasteiger partial charge on any atom is -0.392 e. The lowest BCUT2D eigenvalue weighted by molar-refractivity contribution is 0.137. The van der Waals surface area contributed by atoms with Crippen LogP contribution in [0.4, 0.5) is 0 Å². The van der Waals surface area contributed by atoms with Gasteiger partial charge in [-0.3, -0.25) is 0 Å². The molecule has 88 valence electrons. The van der Waals surface area contributed by atoms with Crippen molar-refractivity contribution in [2.75, 3.05) is 0 Å². The van der Waals surface area contributed by atoms with Gasteiger partial charge in [-0.25, -0.2) is 0 Å². The van der Waals surface area contributed by atoms with Gasteiger partial charge in [0, 0.05) is 0 Å². The lowest BCUT2D eigenvalue weighted by Crippen LogP contribution is -2.16. The number of aliphatic hydroxyl groups excluding tert-OH is 1. The summed E-state index contributed by atoms with van der Waals surface area (Å²) in [5.74, 6) is 0.495. The van der Waals surface area contributed by atoms with Gasteiger partial charge in [-0.15, -0.1) is 0 Å². The summed E-state index contributed by atoms with van der Waals surface area (Å²) >= 11 is 0. The van der Waals surface area contributed by atoms with E-state index in [1.807, 2.05) is 0 Å². The van der Waals surface area contributed by atoms with Gasteiger partial charge < -0.3 is 5.11 Å². The van der Waals surface area contributed by atoms with Gasteiger partial charge in [0.15, 0.2) is 0 Å². The first-order valence-corrected chi connectivity index (χ1v) is 6.14. The van der Waals surface area contributed by atoms with Crippen molar-refractivity contribution in [2.24, 2.45) is 11.3 Å². The fourth-order valence-electron chi connectivity index (χ4n) is 2.48. The molecule has 1 aliphatic rings. The van der Waals surface area contributed by atoms with Crippen molar-refractivity contribution in [3.05, 3.63) is 34.9 Å². The number of benzene rings is 1. The van der Waals surface area contributed by atoms with Crippen LogP contribution in [0.2, 0.25) is 0 Å². The Morgan fingerprint density at radius 2 is 1.94 bits per heavy atom. The number of rotatable bonds is 3. The summed E-state index contributed by atoms with van der Waals surface area (Å²) in [4.78, 5) is 0. The minimum absolute atomic E-state index is 0.169. The molecule has 2 unspecified atom stereocenters. The highest BCUT2D eigenvalue weighted by atomic mass is 16.3. The summed E-state index contributed by atoms with van der Waals surface area (Å²) in [5, 5.41) is 10.1. The van der Waals surface area contributed by atoms with Crippen LogP contribution in [0.5, 0.6) is 0 Å². The molecule has 0 heterocycles. The first-order chi connectivity index (χ1) is 7.40. The van der Waals surface area contributed by atoms with Crippen molar-refractivity contribution in [1.29, 1.82) is 0 Å². The Morgan fingerprint density at radius 3 is 2.44 bits per heavy atom. The molecule has 1 heteroatoms. The highest BCUT2D eigenvalue weighted by molar-refractivity contribution is 5.30. The molecule has 1 fully saturated rings. The highest BCUT2D eigenvalue weighted by Crippen LogP contribution is 2.53. The Morgan fingerprint density at radius 1 is 1.31 bits per heavy atom. The molecule has 2 atom stereocenters. The first-order valence-electron chi connectivity index (χ1n) is 6.14. The van der Waals surface area contributed by atoms with Crippen LogP contribution in [0, 0.1) is 25.2 Å². The Kier molecular flexibility index (Phi) is 2.83. The lowest BCUT2D eigenvalue weighted by Gasteiger charge is -2.13. The molecule has 1 nitrogen and oxygen atoms in total. The van der Waals surface area contributed by atoms with Gasteiger partial charge in [0.05, 0.1) is 6.10 Å². The van der Waals surface area contributed by atoms with Gasteiger partial charge in [0.25, 0.3) is 0 Å². The van der Waals surface area contributed by atoms with Gasteiger partial charge >= 0.3 is 0 Å². The van der Waals surface area contributed by atoms with E-state index in [9.17, 15) is 5.11 Å². The van der Waals surface area contributed by atoms with Gasteiger partial charge in [0.1, 0.15) is 0 Å². The molecule has 1 aromatic rings. The van der Waals surface area contributed by atoms with E-state index >= 15 is 0 Å². The zero-order valence-electron chi connectivity index (χ0n) is 10.7. The van der Waals surface area contributed by atoms with Crippen LogP contribution in [0.25, 0.3) is 0 Å². The van der Waals surface area contributed by atoms with Crippen LogP contribution in [-0.2, 0) is 6.42 Å². The molecular formula is C15H22O. The number of hydrogen-bond donors (Lipinski definition) is 1. The van der Waals surface area contributed by atoms with Gasteiger partial charge in [-0.2, -0.15) is 0 Å². The van der Waals surface area contributed by atoms with E-state index < -0.39 is 0 Å². The van der Waals surface area contributed by atoms with Gasteiger partial charge in [-0.05, 0) is 54.7 Å². The van der Waals surface area contributed by atoms with E-state index in [2.05, 4.69) is 45.9 Å². The SMILES string of the molecule is Cc1ccc(CC(O)C2CC2(C)C)cc1C. The summed E-state index contributed by atoms with van der Waals surface area (Å²) in [6.07, 6.45) is 1.80.